The van der Waals surface area contributed by atoms with E-state index in [0.717, 1.165) is 10.5 Å². The van der Waals surface area contributed by atoms with Crippen molar-refractivity contribution in [1.29, 1.82) is 0 Å². The Morgan fingerprint density at radius 1 is 0.519 bits per heavy atom. The third-order valence-corrected chi connectivity index (χ3v) is 23.0. The number of ether oxygens (including phenoxy) is 12. The van der Waals surface area contributed by atoms with Gasteiger partial charge in [0.05, 0.1) is 173 Å². The van der Waals surface area contributed by atoms with Crippen LogP contribution in [0.25, 0.3) is 0 Å². The molecule has 0 aromatic heterocycles. The van der Waals surface area contributed by atoms with Crippen LogP contribution in [0, 0.1) is 23.7 Å². The van der Waals surface area contributed by atoms with E-state index < -0.39 is 164 Å². The van der Waals surface area contributed by atoms with E-state index in [1.807, 2.05) is 78.7 Å². The van der Waals surface area contributed by atoms with Crippen molar-refractivity contribution in [3.63, 3.8) is 0 Å². The molecule has 44 nitrogen and oxygen atoms in total. The Morgan fingerprint density at radius 2 is 1.07 bits per heavy atom. The maximum absolute atomic E-state index is 14.6. The minimum Gasteiger partial charge on any atom is -0.464 e. The lowest BCUT2D eigenvalue weighted by Crippen LogP contribution is -2.59. The molecule has 766 valence electrons. The quantitative estimate of drug-likeness (QED) is 0.0200. The van der Waals surface area contributed by atoms with Crippen molar-refractivity contribution in [2.24, 2.45) is 23.7 Å². The number of carbonyl (C=O) groups excluding carboxylic acids is 17. The fourth-order valence-corrected chi connectivity index (χ4v) is 15.2. The van der Waals surface area contributed by atoms with Crippen LogP contribution in [0.1, 0.15) is 132 Å². The van der Waals surface area contributed by atoms with Crippen LogP contribution >= 0.6 is 11.8 Å². The third kappa shape index (κ3) is 48.3. The molecule has 3 unspecified atom stereocenters. The first-order chi connectivity index (χ1) is 64.5. The number of rotatable bonds is 74. The number of ketones is 1. The molecule has 1 aromatic rings. The van der Waals surface area contributed by atoms with Crippen LogP contribution in [0.15, 0.2) is 30.3 Å². The van der Waals surface area contributed by atoms with Gasteiger partial charge in [-0.1, -0.05) is 85.2 Å². The van der Waals surface area contributed by atoms with Gasteiger partial charge in [-0.05, 0) is 76.3 Å². The summed E-state index contributed by atoms with van der Waals surface area (Å²) in [6, 6.07) is 2.77. The smallest absolute Gasteiger partial charge is 0.407 e. The number of esters is 1. The van der Waals surface area contributed by atoms with Gasteiger partial charge in [-0.3, -0.25) is 81.7 Å². The highest BCUT2D eigenvalue weighted by Crippen LogP contribution is 2.31. The van der Waals surface area contributed by atoms with Crippen LogP contribution in [-0.4, -0.2) is 400 Å². The first kappa shape index (κ1) is 119. The van der Waals surface area contributed by atoms with E-state index in [1.165, 1.54) is 32.9 Å². The van der Waals surface area contributed by atoms with Crippen molar-refractivity contribution in [2.45, 2.75) is 192 Å². The molecule has 0 spiro atoms. The Morgan fingerprint density at radius 3 is 1.62 bits per heavy atom. The largest absolute Gasteiger partial charge is 0.464 e. The molecule has 2 saturated heterocycles. The van der Waals surface area contributed by atoms with Crippen LogP contribution in [0.5, 0.6) is 0 Å². The van der Waals surface area contributed by atoms with Crippen molar-refractivity contribution in [3.05, 3.63) is 35.9 Å². The minimum absolute atomic E-state index is 0.00282. The molecule has 1 aromatic carbocycles. The van der Waals surface area contributed by atoms with E-state index in [4.69, 9.17) is 56.8 Å². The van der Waals surface area contributed by atoms with Crippen LogP contribution in [0.3, 0.4) is 0 Å². The summed E-state index contributed by atoms with van der Waals surface area (Å²) < 4.78 is 65.8. The van der Waals surface area contributed by atoms with E-state index in [-0.39, 0.29) is 190 Å². The number of Topliss-reactive ketones (excluding diaryl/α,β-unsaturated/α-hetero) is 1. The van der Waals surface area contributed by atoms with Gasteiger partial charge in [-0.15, -0.1) is 0 Å². The maximum Gasteiger partial charge on any atom is 0.407 e. The van der Waals surface area contributed by atoms with Crippen molar-refractivity contribution in [1.82, 2.24) is 78.1 Å². The number of benzene rings is 1. The number of hydrogen-bond donors (Lipinski definition) is 11. The highest BCUT2D eigenvalue weighted by atomic mass is 32.2. The number of thioether (sulfide) groups is 1. The van der Waals surface area contributed by atoms with E-state index in [2.05, 4.69) is 58.5 Å². The Labute approximate surface area is 796 Å². The average molecular weight is 1940 g/mol. The number of nitrogens with zero attached hydrogens (tertiary/aromatic N) is 4. The average Bonchev–Trinajstić information content (AvgIpc) is 1.80. The van der Waals surface area contributed by atoms with Crippen LogP contribution in [-0.2, 0) is 140 Å². The van der Waals surface area contributed by atoms with Crippen LogP contribution in [0.2, 0.25) is 0 Å². The number of amides is 15. The minimum atomic E-state index is -1.56. The van der Waals surface area contributed by atoms with Crippen molar-refractivity contribution in [3.8, 4) is 0 Å². The second-order valence-corrected chi connectivity index (χ2v) is 34.4. The van der Waals surface area contributed by atoms with Gasteiger partial charge in [0.15, 0.2) is 0 Å². The molecule has 135 heavy (non-hydrogen) atoms. The monoisotopic (exact) mass is 1940 g/mol. The number of hydrogen-bond acceptors (Lipinski definition) is 31. The topological polar surface area (TPSA) is 546 Å². The second kappa shape index (κ2) is 69.2. The summed E-state index contributed by atoms with van der Waals surface area (Å²) in [5.74, 6) is -10.0. The molecule has 15 amide bonds. The predicted octanol–water partition coefficient (Wildman–Crippen LogP) is -1.52. The highest BCUT2D eigenvalue weighted by molar-refractivity contribution is 8.00. The Bertz CT molecular complexity index is 3800. The van der Waals surface area contributed by atoms with Gasteiger partial charge >= 0.3 is 12.1 Å². The lowest BCUT2D eigenvalue weighted by molar-refractivity contribution is -0.148. The normalized spacial score (nSPS) is 15.9. The molecule has 2 aliphatic heterocycles. The zero-order valence-corrected chi connectivity index (χ0v) is 82.2. The van der Waals surface area contributed by atoms with Gasteiger partial charge in [-0.2, -0.15) is 11.8 Å². The van der Waals surface area contributed by atoms with Crippen molar-refractivity contribution in [2.75, 3.05) is 220 Å². The molecule has 0 bridgehead atoms. The van der Waals surface area contributed by atoms with Crippen LogP contribution in [0.4, 0.5) is 4.79 Å². The van der Waals surface area contributed by atoms with E-state index in [1.54, 1.807) is 49.3 Å². The lowest BCUT2D eigenvalue weighted by atomic mass is 9.89. The molecule has 12 atom stereocenters. The fraction of sp³-hybridized carbons (Fsp3) is 0.744. The molecular weight excluding hydrogens is 1790 g/mol. The molecule has 11 N–H and O–H groups in total. The number of alkyl carbamates (subject to hydrolysis) is 1. The Balaban J connectivity index is 1.48. The SMILES string of the molecule is CC[C@H](C)[C@@H]([C@@H](CC(=O)N1CCC[C@H]1[C@H](OC)[C@@H](C)C(=O)N[C@@H](Cc1ccccc1)C(=O)NCCCOC(=O)C(C)NC(=O)CCNC(=O)OCC(NC(=O)CNC(=O)CNC(=O)CNC(=O)CNC(=O)CCOCCOCCCC(=O)CCN1C(=O)CC(SC)C1=O)C(=O)NCCOCCOCCOCCOCCOCCOC)OC)N(C)C(=O)[C@@H](NC(=O)[C@H](C(C)C)N(C)C)C(C)C. The number of likely N-dealkylation sites (N-methyl/N-ethyl adjacent to an activating group) is 2. The van der Waals surface area contributed by atoms with Crippen molar-refractivity contribution >= 4 is 112 Å². The zero-order valence-electron chi connectivity index (χ0n) is 81.4. The number of likely N-dealkylation sites (tertiary alicyclic amines) is 2. The molecule has 2 fully saturated rings. The molecule has 45 heteroatoms. The summed E-state index contributed by atoms with van der Waals surface area (Å²) in [5, 5.41) is 27.3. The number of methoxy groups -OCH3 is 3. The number of imide groups is 1. The summed E-state index contributed by atoms with van der Waals surface area (Å²) in [6.07, 6.45) is 1.36. The molecule has 3 rings (SSSR count). The third-order valence-electron chi connectivity index (χ3n) is 22.1. The molecule has 0 saturated carbocycles. The van der Waals surface area contributed by atoms with Crippen molar-refractivity contribution < 1.29 is 138 Å². The lowest BCUT2D eigenvalue weighted by Gasteiger charge is -2.41. The predicted molar refractivity (Wildman–Crippen MR) is 494 cm³/mol. The zero-order chi connectivity index (χ0) is 100. The van der Waals surface area contributed by atoms with Gasteiger partial charge in [-0.25, -0.2) is 9.59 Å². The maximum atomic E-state index is 14.6. The second-order valence-electron chi connectivity index (χ2n) is 33.4. The van der Waals surface area contributed by atoms with Gasteiger partial charge in [0.1, 0.15) is 36.6 Å². The molecule has 2 aliphatic rings. The van der Waals surface area contributed by atoms with E-state index in [0.29, 0.717) is 78.5 Å². The number of nitrogens with one attached hydrogen (secondary N) is 11. The highest BCUT2D eigenvalue weighted by Gasteiger charge is 2.45. The van der Waals surface area contributed by atoms with E-state index in [9.17, 15) is 81.5 Å². The van der Waals surface area contributed by atoms with Gasteiger partial charge in [0.25, 0.3) is 0 Å². The summed E-state index contributed by atoms with van der Waals surface area (Å²) in [7, 11) is 9.88. The molecule has 0 radical (unpaired) electrons. The first-order valence-corrected chi connectivity index (χ1v) is 47.5. The molecule has 2 heterocycles. The van der Waals surface area contributed by atoms with E-state index >= 15 is 0 Å². The van der Waals surface area contributed by atoms with Gasteiger partial charge < -0.3 is 125 Å². The number of carbonyl (C=O) groups is 17. The molecular formula is C90H151N15O29S. The fourth-order valence-electron chi connectivity index (χ4n) is 14.5. The summed E-state index contributed by atoms with van der Waals surface area (Å²) in [5.41, 5.74) is 0.744. The summed E-state index contributed by atoms with van der Waals surface area (Å²) in [4.78, 5) is 230. The van der Waals surface area contributed by atoms with Crippen LogP contribution < -0.4 is 58.5 Å². The Kier molecular flexibility index (Phi) is 61.2. The summed E-state index contributed by atoms with van der Waals surface area (Å²) >= 11 is 1.31. The van der Waals surface area contributed by atoms with Gasteiger partial charge in [0, 0.05) is 106 Å². The standard InChI is InChI=1S/C90H151N15O29S/c1-16-61(6)81(103(11)88(120)79(59(2)3)101-86(118)80(60(4)5)102(9)10)69(124-13)52-77(113)104-33-20-26-68(104)82(125-14)62(7)83(115)100-66(51-64-23-18-17-19-24-64)84(116)91-30-22-36-133-89(121)63(8)98-72(108)27-31-93-90(122)134-58-67(85(117)92-32-38-128-43-44-130-47-48-132-50-49-131-46-45-129-40-39-123-12)99-76(112)57-97-75(111)56-96-74(110)55-95-73(109)54-94-71(107)29-37-127-42-41-126-35-21-25-65(106)28-34-105-78(114)53-70(135-15)87(105)119/h17-19,23-24,59-63,66-70,79-82H,16,20-22,25-58H2,1-15H3,(H,91,116)(H,92,117)(H,93,122)(H,94,107)(H,95,109)(H,96,110)(H,97,111)(H,98,108)(H,99,112)(H,100,115)(H,101,118)/t61-,62+,63?,66-,67?,68-,69+,70?,79-,80-,81-,82+/m0/s1. The van der Waals surface area contributed by atoms with Gasteiger partial charge in [0.2, 0.25) is 82.7 Å². The molecule has 0 aliphatic carbocycles. The Hall–Kier alpha value is -9.68. The first-order valence-electron chi connectivity index (χ1n) is 46.2. The summed E-state index contributed by atoms with van der Waals surface area (Å²) in [6.45, 7) is 15.3.